The highest BCUT2D eigenvalue weighted by Crippen LogP contribution is 2.34. The molecule has 0 atom stereocenters. The second-order valence-corrected chi connectivity index (χ2v) is 5.90. The number of rotatable bonds is 2. The molecule has 0 aliphatic carbocycles. The van der Waals surface area contributed by atoms with Crippen LogP contribution in [0, 0.1) is 6.92 Å². The van der Waals surface area contributed by atoms with E-state index in [0.29, 0.717) is 5.95 Å². The maximum atomic E-state index is 5.74. The Labute approximate surface area is 113 Å². The first-order chi connectivity index (χ1) is 8.72. The number of hydrogen-bond acceptors (Lipinski definition) is 5. The Morgan fingerprint density at radius 3 is 2.94 bits per heavy atom. The van der Waals surface area contributed by atoms with E-state index in [4.69, 9.17) is 5.73 Å². The summed E-state index contributed by atoms with van der Waals surface area (Å²) in [5.74, 6) is 0.333. The number of fused-ring (bicyclic) bond motifs is 1. The van der Waals surface area contributed by atoms with Crippen molar-refractivity contribution in [1.82, 2.24) is 9.97 Å². The van der Waals surface area contributed by atoms with Gasteiger partial charge in [-0.3, -0.25) is 0 Å². The van der Waals surface area contributed by atoms with Crippen LogP contribution in [0.1, 0.15) is 5.56 Å². The molecule has 3 aromatic rings. The van der Waals surface area contributed by atoms with Crippen LogP contribution in [0.4, 0.5) is 5.95 Å². The fourth-order valence-corrected chi connectivity index (χ4v) is 3.58. The lowest BCUT2D eigenvalue weighted by Crippen LogP contribution is -1.95. The van der Waals surface area contributed by atoms with E-state index in [1.54, 1.807) is 23.1 Å². The van der Waals surface area contributed by atoms with Gasteiger partial charge >= 0.3 is 0 Å². The molecule has 1 aromatic carbocycles. The van der Waals surface area contributed by atoms with E-state index in [1.165, 1.54) is 10.5 Å². The monoisotopic (exact) mass is 273 g/mol. The van der Waals surface area contributed by atoms with Crippen LogP contribution in [0.5, 0.6) is 0 Å². The van der Waals surface area contributed by atoms with Crippen LogP contribution in [-0.4, -0.2) is 9.97 Å². The van der Waals surface area contributed by atoms with Crippen molar-refractivity contribution in [3.8, 4) is 0 Å². The fraction of sp³-hybridized carbons (Fsp3) is 0.0769. The lowest BCUT2D eigenvalue weighted by atomic mass is 10.2. The van der Waals surface area contributed by atoms with Crippen molar-refractivity contribution in [2.45, 2.75) is 16.8 Å². The summed E-state index contributed by atoms with van der Waals surface area (Å²) in [6, 6.07) is 10.4. The summed E-state index contributed by atoms with van der Waals surface area (Å²) in [4.78, 5) is 10.7. The molecule has 0 saturated heterocycles. The van der Waals surface area contributed by atoms with E-state index >= 15 is 0 Å². The summed E-state index contributed by atoms with van der Waals surface area (Å²) in [6.45, 7) is 2.08. The molecule has 5 heteroatoms. The van der Waals surface area contributed by atoms with Crippen molar-refractivity contribution >= 4 is 39.3 Å². The third kappa shape index (κ3) is 2.19. The van der Waals surface area contributed by atoms with E-state index in [1.807, 2.05) is 17.5 Å². The van der Waals surface area contributed by atoms with Crippen LogP contribution in [0.15, 0.2) is 45.6 Å². The Kier molecular flexibility index (Phi) is 2.93. The smallest absolute Gasteiger partial charge is 0.222 e. The molecule has 0 spiro atoms. The van der Waals surface area contributed by atoms with Gasteiger partial charge in [-0.05, 0) is 30.5 Å². The molecule has 0 amide bonds. The van der Waals surface area contributed by atoms with Crippen LogP contribution < -0.4 is 5.73 Å². The maximum absolute atomic E-state index is 5.74. The molecule has 0 bridgehead atoms. The summed E-state index contributed by atoms with van der Waals surface area (Å²) in [7, 11) is 0. The minimum atomic E-state index is 0.333. The van der Waals surface area contributed by atoms with Crippen molar-refractivity contribution < 1.29 is 0 Å². The van der Waals surface area contributed by atoms with Crippen LogP contribution in [0.3, 0.4) is 0 Å². The number of nitrogens with zero attached hydrogens (tertiary/aromatic N) is 2. The first-order valence-electron chi connectivity index (χ1n) is 5.47. The van der Waals surface area contributed by atoms with Crippen molar-refractivity contribution in [2.75, 3.05) is 5.73 Å². The quantitative estimate of drug-likeness (QED) is 0.723. The number of aryl methyl sites for hydroxylation is 1. The largest absolute Gasteiger partial charge is 0.368 e. The van der Waals surface area contributed by atoms with Gasteiger partial charge in [0.05, 0.1) is 0 Å². The first kappa shape index (κ1) is 11.5. The van der Waals surface area contributed by atoms with Crippen molar-refractivity contribution in [2.24, 2.45) is 0 Å². The van der Waals surface area contributed by atoms with Gasteiger partial charge in [-0.2, -0.15) is 0 Å². The minimum absolute atomic E-state index is 0.333. The molecule has 3 nitrogen and oxygen atoms in total. The molecule has 0 saturated carbocycles. The summed E-state index contributed by atoms with van der Waals surface area (Å²) >= 11 is 3.21. The number of benzene rings is 1. The molecule has 18 heavy (non-hydrogen) atoms. The normalized spacial score (nSPS) is 10.9. The summed E-state index contributed by atoms with van der Waals surface area (Å²) < 4.78 is 0. The molecule has 0 unspecified atom stereocenters. The number of hydrogen-bond donors (Lipinski definition) is 1. The van der Waals surface area contributed by atoms with Crippen molar-refractivity contribution in [3.63, 3.8) is 0 Å². The van der Waals surface area contributed by atoms with Crippen molar-refractivity contribution in [3.05, 3.63) is 41.3 Å². The Morgan fingerprint density at radius 1 is 1.22 bits per heavy atom. The van der Waals surface area contributed by atoms with Gasteiger partial charge in [0.25, 0.3) is 0 Å². The van der Waals surface area contributed by atoms with Gasteiger partial charge < -0.3 is 5.73 Å². The second-order valence-electron chi connectivity index (χ2n) is 3.94. The lowest BCUT2D eigenvalue weighted by molar-refractivity contribution is 1.12. The number of nitrogens with two attached hydrogens (primary N) is 1. The molecular weight excluding hydrogens is 262 g/mol. The standard InChI is InChI=1S/C13H11N3S2/c1-8-3-2-4-9(7-8)18-12-10-5-6-17-11(10)15-13(14)16-12/h2-7H,1H3,(H2,14,15,16). The molecule has 3 rings (SSSR count). The molecule has 0 aliphatic rings. The predicted molar refractivity (Wildman–Crippen MR) is 77.1 cm³/mol. The van der Waals surface area contributed by atoms with E-state index in [0.717, 1.165) is 15.2 Å². The Hall–Kier alpha value is -1.59. The molecule has 2 heterocycles. The van der Waals surface area contributed by atoms with E-state index in [2.05, 4.69) is 35.1 Å². The molecule has 90 valence electrons. The Morgan fingerprint density at radius 2 is 2.11 bits per heavy atom. The van der Waals surface area contributed by atoms with Gasteiger partial charge in [0.2, 0.25) is 5.95 Å². The minimum Gasteiger partial charge on any atom is -0.368 e. The third-order valence-corrected chi connectivity index (χ3v) is 4.31. The molecule has 0 aliphatic heterocycles. The lowest BCUT2D eigenvalue weighted by Gasteiger charge is -2.04. The zero-order valence-electron chi connectivity index (χ0n) is 9.75. The van der Waals surface area contributed by atoms with Crippen LogP contribution in [0.2, 0.25) is 0 Å². The molecule has 2 N–H and O–H groups in total. The van der Waals surface area contributed by atoms with Crippen molar-refractivity contribution in [1.29, 1.82) is 0 Å². The van der Waals surface area contributed by atoms with Gasteiger partial charge in [-0.25, -0.2) is 9.97 Å². The van der Waals surface area contributed by atoms with Gasteiger partial charge in [-0.1, -0.05) is 29.5 Å². The third-order valence-electron chi connectivity index (χ3n) is 2.51. The van der Waals surface area contributed by atoms with Gasteiger partial charge in [0.1, 0.15) is 9.86 Å². The number of nitrogen functional groups attached to an aromatic ring is 1. The van der Waals surface area contributed by atoms with E-state index in [9.17, 15) is 0 Å². The number of anilines is 1. The van der Waals surface area contributed by atoms with Crippen LogP contribution >= 0.6 is 23.1 Å². The summed E-state index contributed by atoms with van der Waals surface area (Å²) in [5, 5.41) is 4.00. The van der Waals surface area contributed by atoms with E-state index in [-0.39, 0.29) is 0 Å². The highest BCUT2D eigenvalue weighted by molar-refractivity contribution is 7.99. The predicted octanol–water partition coefficient (Wildman–Crippen LogP) is 3.73. The molecule has 0 radical (unpaired) electrons. The Balaban J connectivity index is 2.06. The van der Waals surface area contributed by atoms with Gasteiger partial charge in [0, 0.05) is 10.3 Å². The maximum Gasteiger partial charge on any atom is 0.222 e. The number of aromatic nitrogens is 2. The topological polar surface area (TPSA) is 51.8 Å². The highest BCUT2D eigenvalue weighted by Gasteiger charge is 2.08. The second kappa shape index (κ2) is 4.59. The average molecular weight is 273 g/mol. The van der Waals surface area contributed by atoms with Crippen LogP contribution in [0.25, 0.3) is 10.2 Å². The Bertz CT molecular complexity index is 706. The SMILES string of the molecule is Cc1cccc(Sc2nc(N)nc3sccc23)c1. The van der Waals surface area contributed by atoms with E-state index < -0.39 is 0 Å². The molecule has 0 fully saturated rings. The summed E-state index contributed by atoms with van der Waals surface area (Å²) in [6.07, 6.45) is 0. The molecular formula is C13H11N3S2. The highest BCUT2D eigenvalue weighted by atomic mass is 32.2. The van der Waals surface area contributed by atoms with Crippen LogP contribution in [-0.2, 0) is 0 Å². The number of thiophene rings is 1. The zero-order chi connectivity index (χ0) is 12.5. The van der Waals surface area contributed by atoms with Gasteiger partial charge in [-0.15, -0.1) is 11.3 Å². The first-order valence-corrected chi connectivity index (χ1v) is 7.17. The van der Waals surface area contributed by atoms with Gasteiger partial charge in [0.15, 0.2) is 0 Å². The summed E-state index contributed by atoms with van der Waals surface area (Å²) in [5.41, 5.74) is 6.98. The molecule has 2 aromatic heterocycles. The average Bonchev–Trinajstić information content (AvgIpc) is 2.77. The zero-order valence-corrected chi connectivity index (χ0v) is 11.4. The fourth-order valence-electron chi connectivity index (χ4n) is 1.71.